The first-order valence-electron chi connectivity index (χ1n) is 11.4. The molecule has 3 amide bonds. The normalized spacial score (nSPS) is 30.2. The minimum atomic E-state index is -5.03. The van der Waals surface area contributed by atoms with Crippen LogP contribution in [0.3, 0.4) is 0 Å². The van der Waals surface area contributed by atoms with Crippen LogP contribution in [-0.2, 0) is 23.9 Å². The van der Waals surface area contributed by atoms with Gasteiger partial charge in [-0.25, -0.2) is 0 Å². The van der Waals surface area contributed by atoms with Gasteiger partial charge in [0.2, 0.25) is 11.8 Å². The van der Waals surface area contributed by atoms with Crippen LogP contribution in [0, 0.1) is 23.2 Å². The number of amides is 3. The second-order valence-corrected chi connectivity index (χ2v) is 10.3. The standard InChI is InChI=1S/C22H32F3N3O6/c1-5-21(4,33)19(32)28-9-12-15(20(12,2)3)16(28)18(31)27-13(8-11-6-7-26-17(11)30)14(29)10-34-22(23,24)25/h11-13,15-16,33H,5-10H2,1-4H3,(H,26,30)(H,27,31)/t11-,12-,13-,15-,16-,21?/m0/s1. The van der Waals surface area contributed by atoms with Crippen LogP contribution in [-0.4, -0.2) is 77.3 Å². The summed E-state index contributed by atoms with van der Waals surface area (Å²) in [5.41, 5.74) is -1.93. The third kappa shape index (κ3) is 5.22. The predicted molar refractivity (Wildman–Crippen MR) is 112 cm³/mol. The summed E-state index contributed by atoms with van der Waals surface area (Å²) in [6.45, 7) is 6.21. The highest BCUT2D eigenvalue weighted by Crippen LogP contribution is 2.65. The van der Waals surface area contributed by atoms with Crippen LogP contribution in [0.2, 0.25) is 0 Å². The van der Waals surface area contributed by atoms with E-state index in [0.29, 0.717) is 13.0 Å². The number of carbonyl (C=O) groups excluding carboxylic acids is 4. The summed E-state index contributed by atoms with van der Waals surface area (Å²) in [4.78, 5) is 52.2. The zero-order valence-electron chi connectivity index (χ0n) is 19.7. The smallest absolute Gasteiger partial charge is 0.380 e. The fraction of sp³-hybridized carbons (Fsp3) is 0.818. The van der Waals surface area contributed by atoms with Crippen molar-refractivity contribution in [3.8, 4) is 0 Å². The lowest BCUT2D eigenvalue weighted by atomic mass is 9.94. The number of ether oxygens (including phenoxy) is 1. The molecule has 1 aliphatic carbocycles. The number of fused-ring (bicyclic) bond motifs is 1. The maximum absolute atomic E-state index is 13.4. The average molecular weight is 492 g/mol. The molecule has 3 N–H and O–H groups in total. The molecule has 2 aliphatic heterocycles. The van der Waals surface area contributed by atoms with E-state index in [1.807, 2.05) is 13.8 Å². The second-order valence-electron chi connectivity index (χ2n) is 10.3. The Hall–Kier alpha value is -2.21. The van der Waals surface area contributed by atoms with Crippen LogP contribution >= 0.6 is 0 Å². The Balaban J connectivity index is 1.80. The average Bonchev–Trinajstić information content (AvgIpc) is 3.11. The summed E-state index contributed by atoms with van der Waals surface area (Å²) < 4.78 is 41.1. The number of likely N-dealkylation sites (tertiary alicyclic amines) is 1. The zero-order chi connectivity index (χ0) is 25.6. The van der Waals surface area contributed by atoms with Crippen molar-refractivity contribution >= 4 is 23.5 Å². The molecule has 6 atom stereocenters. The zero-order valence-corrected chi connectivity index (χ0v) is 19.7. The first kappa shape index (κ1) is 26.4. The molecule has 3 fully saturated rings. The molecule has 0 aromatic carbocycles. The predicted octanol–water partition coefficient (Wildman–Crippen LogP) is 0.747. The maximum Gasteiger partial charge on any atom is 0.522 e. The van der Waals surface area contributed by atoms with Crippen LogP contribution in [0.15, 0.2) is 0 Å². The number of nitrogens with one attached hydrogen (secondary N) is 2. The van der Waals surface area contributed by atoms with Gasteiger partial charge in [-0.2, -0.15) is 0 Å². The summed E-state index contributed by atoms with van der Waals surface area (Å²) in [5, 5.41) is 15.6. The maximum atomic E-state index is 13.4. The Kier molecular flexibility index (Phi) is 7.07. The van der Waals surface area contributed by atoms with Gasteiger partial charge in [0, 0.05) is 19.0 Å². The van der Waals surface area contributed by atoms with E-state index >= 15 is 0 Å². The van der Waals surface area contributed by atoms with Crippen molar-refractivity contribution in [2.45, 2.75) is 71.0 Å². The van der Waals surface area contributed by atoms with E-state index in [1.165, 1.54) is 11.8 Å². The molecule has 0 radical (unpaired) electrons. The van der Waals surface area contributed by atoms with Gasteiger partial charge in [0.1, 0.15) is 18.2 Å². The Bertz CT molecular complexity index is 859. The lowest BCUT2D eigenvalue weighted by Crippen LogP contribution is -2.58. The Morgan fingerprint density at radius 1 is 1.32 bits per heavy atom. The van der Waals surface area contributed by atoms with Crippen LogP contribution < -0.4 is 10.6 Å². The van der Waals surface area contributed by atoms with E-state index in [1.54, 1.807) is 6.92 Å². The Morgan fingerprint density at radius 2 is 1.97 bits per heavy atom. The number of ketones is 1. The number of alkyl halides is 3. The van der Waals surface area contributed by atoms with Gasteiger partial charge in [-0.05, 0) is 43.4 Å². The van der Waals surface area contributed by atoms with Crippen LogP contribution in [0.5, 0.6) is 0 Å². The van der Waals surface area contributed by atoms with Crippen LogP contribution in [0.1, 0.15) is 47.0 Å². The van der Waals surface area contributed by atoms with Gasteiger partial charge in [0.05, 0.1) is 6.04 Å². The number of hydrogen-bond acceptors (Lipinski definition) is 6. The fourth-order valence-electron chi connectivity index (χ4n) is 5.19. The molecule has 1 saturated carbocycles. The van der Waals surface area contributed by atoms with Crippen molar-refractivity contribution in [3.05, 3.63) is 0 Å². The molecule has 34 heavy (non-hydrogen) atoms. The minimum Gasteiger partial charge on any atom is -0.380 e. The third-order valence-corrected chi connectivity index (χ3v) is 7.65. The summed E-state index contributed by atoms with van der Waals surface area (Å²) in [7, 11) is 0. The SMILES string of the molecule is CCC(C)(O)C(=O)N1C[C@H]2[C@@H]([C@H]1C(=O)N[C@@H](C[C@@H]1CCNC1=O)C(=O)COC(F)(F)F)C2(C)C. The van der Waals surface area contributed by atoms with Crippen LogP contribution in [0.4, 0.5) is 13.2 Å². The molecular weight excluding hydrogens is 459 g/mol. The second kappa shape index (κ2) is 9.10. The summed E-state index contributed by atoms with van der Waals surface area (Å²) in [5.74, 6) is -3.52. The molecule has 0 spiro atoms. The number of nitrogens with zero attached hydrogens (tertiary/aromatic N) is 1. The van der Waals surface area contributed by atoms with Crippen molar-refractivity contribution < 1.29 is 42.2 Å². The van der Waals surface area contributed by atoms with Crippen LogP contribution in [0.25, 0.3) is 0 Å². The molecule has 2 heterocycles. The first-order chi connectivity index (χ1) is 15.6. The van der Waals surface area contributed by atoms with E-state index in [-0.39, 0.29) is 42.5 Å². The van der Waals surface area contributed by atoms with Crippen molar-refractivity contribution in [1.82, 2.24) is 15.5 Å². The van der Waals surface area contributed by atoms with E-state index < -0.39 is 54.2 Å². The molecular formula is C22H32F3N3O6. The number of aliphatic hydroxyl groups is 1. The van der Waals surface area contributed by atoms with Gasteiger partial charge in [-0.3, -0.25) is 23.9 Å². The van der Waals surface area contributed by atoms with Crippen molar-refractivity contribution in [2.24, 2.45) is 23.2 Å². The highest BCUT2D eigenvalue weighted by atomic mass is 19.4. The quantitative estimate of drug-likeness (QED) is 0.437. The van der Waals surface area contributed by atoms with Crippen molar-refractivity contribution in [1.29, 1.82) is 0 Å². The molecule has 9 nitrogen and oxygen atoms in total. The lowest BCUT2D eigenvalue weighted by molar-refractivity contribution is -0.321. The van der Waals surface area contributed by atoms with E-state index in [4.69, 9.17) is 0 Å². The van der Waals surface area contributed by atoms with Gasteiger partial charge in [0.25, 0.3) is 5.91 Å². The molecule has 3 rings (SSSR count). The van der Waals surface area contributed by atoms with Gasteiger partial charge in [0.15, 0.2) is 5.78 Å². The topological polar surface area (TPSA) is 125 Å². The number of hydrogen-bond donors (Lipinski definition) is 3. The molecule has 2 saturated heterocycles. The summed E-state index contributed by atoms with van der Waals surface area (Å²) >= 11 is 0. The number of carbonyl (C=O) groups is 4. The molecule has 0 aromatic heterocycles. The number of rotatable bonds is 9. The first-order valence-corrected chi connectivity index (χ1v) is 11.4. The van der Waals surface area contributed by atoms with Gasteiger partial charge in [-0.15, -0.1) is 13.2 Å². The van der Waals surface area contributed by atoms with Gasteiger partial charge in [-0.1, -0.05) is 20.8 Å². The molecule has 12 heteroatoms. The molecule has 1 unspecified atom stereocenters. The van der Waals surface area contributed by atoms with E-state index in [0.717, 1.165) is 0 Å². The van der Waals surface area contributed by atoms with E-state index in [9.17, 15) is 37.5 Å². The largest absolute Gasteiger partial charge is 0.522 e. The third-order valence-electron chi connectivity index (χ3n) is 7.65. The monoisotopic (exact) mass is 491 g/mol. The summed E-state index contributed by atoms with van der Waals surface area (Å²) in [6.07, 6.45) is -4.70. The Labute approximate surface area is 195 Å². The highest BCUT2D eigenvalue weighted by molar-refractivity contribution is 5.96. The highest BCUT2D eigenvalue weighted by Gasteiger charge is 2.70. The van der Waals surface area contributed by atoms with E-state index in [2.05, 4.69) is 15.4 Å². The van der Waals surface area contributed by atoms with Gasteiger partial charge >= 0.3 is 6.36 Å². The van der Waals surface area contributed by atoms with Gasteiger partial charge < -0.3 is 20.6 Å². The molecule has 0 bridgehead atoms. The van der Waals surface area contributed by atoms with Crippen molar-refractivity contribution in [3.63, 3.8) is 0 Å². The summed E-state index contributed by atoms with van der Waals surface area (Å²) in [6, 6.07) is -2.38. The fourth-order valence-corrected chi connectivity index (χ4v) is 5.19. The number of halogens is 3. The Morgan fingerprint density at radius 3 is 2.50 bits per heavy atom. The molecule has 192 valence electrons. The van der Waals surface area contributed by atoms with Crippen molar-refractivity contribution in [2.75, 3.05) is 19.7 Å². The minimum absolute atomic E-state index is 0.0168. The molecule has 0 aromatic rings. The number of Topliss-reactive ketones (excluding diaryl/α,β-unsaturated/α-hetero) is 1. The lowest BCUT2D eigenvalue weighted by Gasteiger charge is -2.35. The number of piperidine rings is 1. The molecule has 3 aliphatic rings.